The maximum absolute atomic E-state index is 13.5. The molecule has 36 heavy (non-hydrogen) atoms. The van der Waals surface area contributed by atoms with Gasteiger partial charge in [0.25, 0.3) is 0 Å². The Balaban J connectivity index is 1.76. The van der Waals surface area contributed by atoms with Gasteiger partial charge in [0, 0.05) is 30.0 Å². The number of methoxy groups -OCH3 is 2. The second kappa shape index (κ2) is 10.7. The Morgan fingerprint density at radius 3 is 2.44 bits per heavy atom. The molecule has 0 fully saturated rings. The Kier molecular flexibility index (Phi) is 7.62. The van der Waals surface area contributed by atoms with Crippen LogP contribution in [-0.2, 0) is 14.8 Å². The lowest BCUT2D eigenvalue weighted by atomic mass is 10.2. The number of hydrogen-bond donors (Lipinski definition) is 1. The van der Waals surface area contributed by atoms with Gasteiger partial charge in [0.1, 0.15) is 17.0 Å². The number of hydrogen-bond acceptors (Lipinski definition) is 9. The van der Waals surface area contributed by atoms with E-state index in [9.17, 15) is 8.42 Å². The van der Waals surface area contributed by atoms with Gasteiger partial charge in [0.15, 0.2) is 11.6 Å². The summed E-state index contributed by atoms with van der Waals surface area (Å²) in [5, 5.41) is 7.33. The first-order valence-electron chi connectivity index (χ1n) is 10.8. The molecule has 1 aromatic carbocycles. The van der Waals surface area contributed by atoms with Crippen molar-refractivity contribution in [1.82, 2.24) is 29.7 Å². The molecule has 0 amide bonds. The van der Waals surface area contributed by atoms with E-state index < -0.39 is 21.4 Å². The van der Waals surface area contributed by atoms with Gasteiger partial charge in [0.2, 0.25) is 21.9 Å². The van der Waals surface area contributed by atoms with Crippen molar-refractivity contribution in [2.45, 2.75) is 25.2 Å². The average Bonchev–Trinajstić information content (AvgIpc) is 3.28. The van der Waals surface area contributed by atoms with Crippen molar-refractivity contribution in [3.63, 3.8) is 0 Å². The summed E-state index contributed by atoms with van der Waals surface area (Å²) in [6.07, 6.45) is 2.31. The van der Waals surface area contributed by atoms with Crippen molar-refractivity contribution in [2.75, 3.05) is 18.9 Å². The molecule has 0 unspecified atom stereocenters. The van der Waals surface area contributed by atoms with Crippen LogP contribution in [-0.4, -0.2) is 57.6 Å². The standard InChI is InChI=1S/C23H24BrN7O4S/c1-14-12-25-21(26-13-14)20(35-4)15(2)36(32,33)30-23-29-28-22(18-9-6-10-19(27-18)34-3)31(23)17-8-5-7-16(24)11-17/h5-13,15,20H,1-4H3,(H,29,30)/t15-,20-/m0/s1. The summed E-state index contributed by atoms with van der Waals surface area (Å²) in [6, 6.07) is 12.5. The smallest absolute Gasteiger partial charge is 0.243 e. The van der Waals surface area contributed by atoms with Gasteiger partial charge in [-0.1, -0.05) is 28.1 Å². The maximum Gasteiger partial charge on any atom is 0.243 e. The van der Waals surface area contributed by atoms with Crippen molar-refractivity contribution >= 4 is 31.9 Å². The number of ether oxygens (including phenoxy) is 2. The van der Waals surface area contributed by atoms with E-state index in [1.54, 1.807) is 41.2 Å². The Hall–Kier alpha value is -3.42. The van der Waals surface area contributed by atoms with Gasteiger partial charge in [-0.2, -0.15) is 0 Å². The number of benzene rings is 1. The second-order valence-corrected chi connectivity index (χ2v) is 10.8. The Bertz CT molecular complexity index is 1460. The van der Waals surface area contributed by atoms with Crippen LogP contribution in [0.1, 0.15) is 24.4 Å². The molecule has 4 rings (SSSR count). The predicted octanol–water partition coefficient (Wildman–Crippen LogP) is 3.72. The largest absolute Gasteiger partial charge is 0.481 e. The number of aryl methyl sites for hydroxylation is 1. The summed E-state index contributed by atoms with van der Waals surface area (Å²) in [4.78, 5) is 12.9. The van der Waals surface area contributed by atoms with Gasteiger partial charge in [-0.25, -0.2) is 23.4 Å². The molecule has 0 spiro atoms. The minimum absolute atomic E-state index is 0.0146. The highest BCUT2D eigenvalue weighted by Gasteiger charge is 2.34. The van der Waals surface area contributed by atoms with E-state index in [0.29, 0.717) is 23.1 Å². The van der Waals surface area contributed by atoms with Crippen LogP contribution < -0.4 is 9.46 Å². The van der Waals surface area contributed by atoms with E-state index in [-0.39, 0.29) is 11.8 Å². The minimum Gasteiger partial charge on any atom is -0.481 e. The molecule has 0 aliphatic rings. The van der Waals surface area contributed by atoms with Gasteiger partial charge >= 0.3 is 0 Å². The number of aromatic nitrogens is 6. The molecular formula is C23H24BrN7O4S. The van der Waals surface area contributed by atoms with Gasteiger partial charge in [-0.05, 0) is 43.7 Å². The first-order chi connectivity index (χ1) is 17.2. The fourth-order valence-corrected chi connectivity index (χ4v) is 4.99. The molecule has 0 aliphatic carbocycles. The summed E-state index contributed by atoms with van der Waals surface area (Å²) in [7, 11) is -1.12. The summed E-state index contributed by atoms with van der Waals surface area (Å²) in [6.45, 7) is 3.36. The topological polar surface area (TPSA) is 134 Å². The van der Waals surface area contributed by atoms with Gasteiger partial charge in [0.05, 0.1) is 12.8 Å². The molecule has 3 aromatic heterocycles. The highest BCUT2D eigenvalue weighted by atomic mass is 79.9. The molecule has 0 saturated heterocycles. The minimum atomic E-state index is -4.04. The fraction of sp³-hybridized carbons (Fsp3) is 0.261. The van der Waals surface area contributed by atoms with Crippen LogP contribution in [0.15, 0.2) is 59.3 Å². The third kappa shape index (κ3) is 5.37. The summed E-state index contributed by atoms with van der Waals surface area (Å²) in [5.41, 5.74) is 1.91. The number of nitrogens with one attached hydrogen (secondary N) is 1. The average molecular weight is 574 g/mol. The van der Waals surface area contributed by atoms with Crippen LogP contribution in [0.25, 0.3) is 17.2 Å². The molecule has 0 saturated carbocycles. The molecule has 4 aromatic rings. The number of sulfonamides is 1. The van der Waals surface area contributed by atoms with E-state index in [1.807, 2.05) is 25.1 Å². The highest BCUT2D eigenvalue weighted by molar-refractivity contribution is 9.10. The lowest BCUT2D eigenvalue weighted by Gasteiger charge is -2.22. The normalized spacial score (nSPS) is 13.2. The van der Waals surface area contributed by atoms with Crippen LogP contribution in [0, 0.1) is 6.92 Å². The van der Waals surface area contributed by atoms with Crippen molar-refractivity contribution in [3.8, 4) is 23.1 Å². The van der Waals surface area contributed by atoms with Crippen LogP contribution in [0.4, 0.5) is 5.95 Å². The Labute approximate surface area is 217 Å². The van der Waals surface area contributed by atoms with E-state index in [1.165, 1.54) is 21.1 Å². The third-order valence-electron chi connectivity index (χ3n) is 5.35. The van der Waals surface area contributed by atoms with E-state index in [4.69, 9.17) is 9.47 Å². The Morgan fingerprint density at radius 1 is 1.06 bits per heavy atom. The lowest BCUT2D eigenvalue weighted by Crippen LogP contribution is -2.33. The molecule has 13 heteroatoms. The number of halogens is 1. The SMILES string of the molecule is COc1cccc(-c2nnc(NS(=O)(=O)[C@@H](C)[C@H](OC)c3ncc(C)cn3)n2-c2cccc(Br)c2)n1. The number of pyridine rings is 1. The van der Waals surface area contributed by atoms with Crippen LogP contribution >= 0.6 is 15.9 Å². The quantitative estimate of drug-likeness (QED) is 0.318. The lowest BCUT2D eigenvalue weighted by molar-refractivity contribution is 0.0949. The highest BCUT2D eigenvalue weighted by Crippen LogP contribution is 2.29. The zero-order chi connectivity index (χ0) is 25.9. The fourth-order valence-electron chi connectivity index (χ4n) is 3.47. The number of anilines is 1. The molecule has 2 atom stereocenters. The van der Waals surface area contributed by atoms with Crippen molar-refractivity contribution < 1.29 is 17.9 Å². The molecular weight excluding hydrogens is 550 g/mol. The van der Waals surface area contributed by atoms with Crippen molar-refractivity contribution in [2.24, 2.45) is 0 Å². The molecule has 3 heterocycles. The van der Waals surface area contributed by atoms with Crippen LogP contribution in [0.2, 0.25) is 0 Å². The summed E-state index contributed by atoms with van der Waals surface area (Å²) >= 11 is 3.46. The van der Waals surface area contributed by atoms with E-state index in [0.717, 1.165) is 10.0 Å². The maximum atomic E-state index is 13.5. The van der Waals surface area contributed by atoms with E-state index >= 15 is 0 Å². The molecule has 0 bridgehead atoms. The third-order valence-corrected chi connectivity index (χ3v) is 7.54. The summed E-state index contributed by atoms with van der Waals surface area (Å²) in [5.74, 6) is 0.950. The molecule has 0 radical (unpaired) electrons. The van der Waals surface area contributed by atoms with E-state index in [2.05, 4.69) is 45.8 Å². The van der Waals surface area contributed by atoms with Crippen LogP contribution in [0.3, 0.4) is 0 Å². The molecule has 11 nitrogen and oxygen atoms in total. The first-order valence-corrected chi connectivity index (χ1v) is 13.1. The van der Waals surface area contributed by atoms with Gasteiger partial charge in [-0.15, -0.1) is 10.2 Å². The first kappa shape index (κ1) is 25.7. The summed E-state index contributed by atoms with van der Waals surface area (Å²) < 4.78 is 42.6. The monoisotopic (exact) mass is 573 g/mol. The van der Waals surface area contributed by atoms with Crippen LogP contribution in [0.5, 0.6) is 5.88 Å². The van der Waals surface area contributed by atoms with Gasteiger partial charge in [-0.3, -0.25) is 9.29 Å². The number of rotatable bonds is 9. The molecule has 1 N–H and O–H groups in total. The molecule has 188 valence electrons. The zero-order valence-corrected chi connectivity index (χ0v) is 22.4. The van der Waals surface area contributed by atoms with Crippen molar-refractivity contribution in [3.05, 3.63) is 70.7 Å². The zero-order valence-electron chi connectivity index (χ0n) is 20.0. The second-order valence-electron chi connectivity index (χ2n) is 7.85. The predicted molar refractivity (Wildman–Crippen MR) is 137 cm³/mol. The van der Waals surface area contributed by atoms with Crippen molar-refractivity contribution in [1.29, 1.82) is 0 Å². The Morgan fingerprint density at radius 2 is 1.78 bits per heavy atom. The van der Waals surface area contributed by atoms with Gasteiger partial charge < -0.3 is 9.47 Å². The molecule has 0 aliphatic heterocycles. The number of nitrogens with zero attached hydrogens (tertiary/aromatic N) is 6.